The number of aromatic nitrogens is 3. The van der Waals surface area contributed by atoms with Gasteiger partial charge in [-0.2, -0.15) is 0 Å². The monoisotopic (exact) mass is 318 g/mol. The van der Waals surface area contributed by atoms with Gasteiger partial charge in [-0.25, -0.2) is 9.89 Å². The highest BCUT2D eigenvalue weighted by Crippen LogP contribution is 2.25. The molecule has 0 atom stereocenters. The van der Waals surface area contributed by atoms with E-state index in [0.717, 1.165) is 6.42 Å². The van der Waals surface area contributed by atoms with Crippen LogP contribution in [0.3, 0.4) is 0 Å². The molecule has 1 N–H and O–H groups in total. The molecule has 8 heteroatoms. The van der Waals surface area contributed by atoms with Gasteiger partial charge in [-0.15, -0.1) is 5.10 Å². The maximum absolute atomic E-state index is 12.2. The van der Waals surface area contributed by atoms with E-state index in [2.05, 4.69) is 10.2 Å². The van der Waals surface area contributed by atoms with Crippen molar-refractivity contribution in [2.24, 2.45) is 0 Å². The van der Waals surface area contributed by atoms with Crippen LogP contribution in [0.4, 0.5) is 0 Å². The van der Waals surface area contributed by atoms with Gasteiger partial charge >= 0.3 is 5.69 Å². The van der Waals surface area contributed by atoms with Crippen molar-refractivity contribution in [2.75, 3.05) is 5.88 Å². The number of hydrogen-bond acceptors (Lipinski definition) is 5. The van der Waals surface area contributed by atoms with Gasteiger partial charge in [-0.3, -0.25) is 19.1 Å². The quantitative estimate of drug-likeness (QED) is 0.663. The van der Waals surface area contributed by atoms with Gasteiger partial charge in [-0.05, 0) is 18.6 Å². The first-order chi connectivity index (χ1) is 10.6. The number of carbonyl (C=O) groups is 2. The molecule has 2 amide bonds. The molecule has 1 aliphatic heterocycles. The average molecular weight is 318 g/mol. The topological polar surface area (TPSA) is 88.1 Å². The Balaban J connectivity index is 1.77. The van der Waals surface area contributed by atoms with E-state index in [-0.39, 0.29) is 23.4 Å². The molecule has 0 bridgehead atoms. The van der Waals surface area contributed by atoms with Crippen LogP contribution < -0.4 is 5.69 Å². The van der Waals surface area contributed by atoms with Crippen LogP contribution in [0.1, 0.15) is 34.1 Å². The number of H-pyrrole nitrogens is 1. The molecule has 2 heterocycles. The van der Waals surface area contributed by atoms with E-state index < -0.39 is 0 Å². The maximum atomic E-state index is 12.2. The van der Waals surface area contributed by atoms with E-state index >= 15 is 0 Å². The molecule has 0 saturated carbocycles. The number of nitrogens with one attached hydrogen (secondary N) is 1. The van der Waals surface area contributed by atoms with Gasteiger partial charge in [0.1, 0.15) is 0 Å². The van der Waals surface area contributed by atoms with Gasteiger partial charge in [0.25, 0.3) is 11.8 Å². The van der Waals surface area contributed by atoms with Gasteiger partial charge in [0.15, 0.2) is 5.16 Å². The van der Waals surface area contributed by atoms with Crippen molar-refractivity contribution in [2.45, 2.75) is 25.0 Å². The Bertz CT molecular complexity index is 760. The zero-order valence-corrected chi connectivity index (χ0v) is 12.7. The molecule has 3 rings (SSSR count). The van der Waals surface area contributed by atoms with Crippen LogP contribution in [0.5, 0.6) is 0 Å². The Morgan fingerprint density at radius 3 is 2.36 bits per heavy atom. The van der Waals surface area contributed by atoms with Crippen molar-refractivity contribution in [1.29, 1.82) is 0 Å². The van der Waals surface area contributed by atoms with E-state index in [4.69, 9.17) is 0 Å². The molecule has 22 heavy (non-hydrogen) atoms. The number of amides is 2. The Kier molecular flexibility index (Phi) is 3.84. The molecule has 1 aromatic heterocycles. The molecule has 0 aliphatic carbocycles. The fourth-order valence-corrected chi connectivity index (χ4v) is 3.23. The number of benzene rings is 1. The molecule has 0 spiro atoms. The lowest BCUT2D eigenvalue weighted by Gasteiger charge is -2.12. The number of thioether (sulfide) groups is 1. The molecule has 2 aromatic rings. The fourth-order valence-electron chi connectivity index (χ4n) is 2.31. The van der Waals surface area contributed by atoms with Gasteiger partial charge in [0, 0.05) is 6.54 Å². The third kappa shape index (κ3) is 2.35. The summed E-state index contributed by atoms with van der Waals surface area (Å²) in [5.41, 5.74) is 0.550. The smallest absolute Gasteiger partial charge is 0.270 e. The molecule has 0 unspecified atom stereocenters. The molecule has 1 aromatic carbocycles. The highest BCUT2D eigenvalue weighted by molar-refractivity contribution is 7.99. The Morgan fingerprint density at radius 2 is 1.77 bits per heavy atom. The Labute approximate surface area is 130 Å². The summed E-state index contributed by atoms with van der Waals surface area (Å²) in [4.78, 5) is 37.3. The van der Waals surface area contributed by atoms with Crippen LogP contribution in [0, 0.1) is 0 Å². The Morgan fingerprint density at radius 1 is 1.14 bits per heavy atom. The molecular formula is C14H14N4O3S. The first kappa shape index (κ1) is 14.6. The molecule has 0 saturated heterocycles. The van der Waals surface area contributed by atoms with Crippen molar-refractivity contribution in [3.8, 4) is 0 Å². The highest BCUT2D eigenvalue weighted by atomic mass is 32.2. The van der Waals surface area contributed by atoms with Crippen molar-refractivity contribution < 1.29 is 9.59 Å². The number of aromatic amines is 1. The van der Waals surface area contributed by atoms with Crippen molar-refractivity contribution in [1.82, 2.24) is 19.7 Å². The summed E-state index contributed by atoms with van der Waals surface area (Å²) in [5, 5.41) is 6.79. The largest absolute Gasteiger partial charge is 0.343 e. The minimum absolute atomic E-state index is 0.125. The van der Waals surface area contributed by atoms with Crippen LogP contribution in [0.2, 0.25) is 0 Å². The zero-order chi connectivity index (χ0) is 15.7. The first-order valence-electron chi connectivity index (χ1n) is 6.86. The minimum Gasteiger partial charge on any atom is -0.270 e. The van der Waals surface area contributed by atoms with Crippen molar-refractivity contribution >= 4 is 23.6 Å². The SMILES string of the molecule is CCCn1c(SCN2C(=O)c3ccccc3C2=O)n[nH]c1=O. The number of hydrogen-bond donors (Lipinski definition) is 1. The summed E-state index contributed by atoms with van der Waals surface area (Å²) in [7, 11) is 0. The molecule has 0 fully saturated rings. The minimum atomic E-state index is -0.312. The lowest BCUT2D eigenvalue weighted by Crippen LogP contribution is -2.29. The van der Waals surface area contributed by atoms with E-state index in [1.807, 2.05) is 6.92 Å². The summed E-state index contributed by atoms with van der Waals surface area (Å²) < 4.78 is 1.50. The zero-order valence-electron chi connectivity index (χ0n) is 11.9. The predicted octanol–water partition coefficient (Wildman–Crippen LogP) is 1.33. The molecule has 1 aliphatic rings. The van der Waals surface area contributed by atoms with Gasteiger partial charge in [-0.1, -0.05) is 30.8 Å². The summed E-state index contributed by atoms with van der Waals surface area (Å²) >= 11 is 1.19. The summed E-state index contributed by atoms with van der Waals surface area (Å²) in [6, 6.07) is 6.74. The lowest BCUT2D eigenvalue weighted by molar-refractivity contribution is 0.0684. The second kappa shape index (κ2) is 5.80. The van der Waals surface area contributed by atoms with E-state index in [9.17, 15) is 14.4 Å². The number of rotatable bonds is 5. The van der Waals surface area contributed by atoms with E-state index in [1.165, 1.54) is 21.2 Å². The van der Waals surface area contributed by atoms with Crippen LogP contribution >= 0.6 is 11.8 Å². The number of nitrogens with zero attached hydrogens (tertiary/aromatic N) is 3. The van der Waals surface area contributed by atoms with Gasteiger partial charge in [0.05, 0.1) is 17.0 Å². The third-order valence-corrected chi connectivity index (χ3v) is 4.33. The first-order valence-corrected chi connectivity index (χ1v) is 7.85. The third-order valence-electron chi connectivity index (χ3n) is 3.37. The molecular weight excluding hydrogens is 304 g/mol. The summed E-state index contributed by atoms with van der Waals surface area (Å²) in [6.07, 6.45) is 0.792. The highest BCUT2D eigenvalue weighted by Gasteiger charge is 2.35. The standard InChI is InChI=1S/C14H14N4O3S/c1-2-7-17-13(21)15-16-14(17)22-8-18-11(19)9-5-3-4-6-10(9)12(18)20/h3-6H,2,7-8H2,1H3,(H,15,21). The van der Waals surface area contributed by atoms with Crippen LogP contribution in [0.25, 0.3) is 0 Å². The van der Waals surface area contributed by atoms with Crippen LogP contribution in [-0.2, 0) is 6.54 Å². The van der Waals surface area contributed by atoms with Crippen molar-refractivity contribution in [3.63, 3.8) is 0 Å². The molecule has 114 valence electrons. The Hall–Kier alpha value is -2.35. The maximum Gasteiger partial charge on any atom is 0.343 e. The molecule has 7 nitrogen and oxygen atoms in total. The van der Waals surface area contributed by atoms with Crippen LogP contribution in [-0.4, -0.2) is 37.4 Å². The normalized spacial score (nSPS) is 13.8. The number of imide groups is 1. The average Bonchev–Trinajstić information content (AvgIpc) is 2.99. The second-order valence-corrected chi connectivity index (χ2v) is 5.73. The predicted molar refractivity (Wildman–Crippen MR) is 80.8 cm³/mol. The van der Waals surface area contributed by atoms with Gasteiger partial charge < -0.3 is 0 Å². The molecule has 0 radical (unpaired) electrons. The summed E-state index contributed by atoms with van der Waals surface area (Å²) in [5.74, 6) is -0.499. The number of fused-ring (bicyclic) bond motifs is 1. The second-order valence-electron chi connectivity index (χ2n) is 4.82. The van der Waals surface area contributed by atoms with Gasteiger partial charge in [0.2, 0.25) is 0 Å². The lowest BCUT2D eigenvalue weighted by atomic mass is 10.1. The fraction of sp³-hybridized carbons (Fsp3) is 0.286. The van der Waals surface area contributed by atoms with Crippen molar-refractivity contribution in [3.05, 3.63) is 45.9 Å². The number of carbonyl (C=O) groups excluding carboxylic acids is 2. The van der Waals surface area contributed by atoms with Crippen LogP contribution in [0.15, 0.2) is 34.2 Å². The van der Waals surface area contributed by atoms with E-state index in [0.29, 0.717) is 22.8 Å². The van der Waals surface area contributed by atoms with E-state index in [1.54, 1.807) is 24.3 Å². The summed E-state index contributed by atoms with van der Waals surface area (Å²) in [6.45, 7) is 2.50.